The molecule has 2 N–H and O–H groups in total. The summed E-state index contributed by atoms with van der Waals surface area (Å²) in [6.07, 6.45) is 8.01. The van der Waals surface area contributed by atoms with E-state index in [2.05, 4.69) is 10.3 Å². The maximum atomic E-state index is 10.5. The van der Waals surface area contributed by atoms with Crippen LogP contribution in [0.25, 0.3) is 0 Å². The normalized spacial score (nSPS) is 18.7. The Morgan fingerprint density at radius 2 is 2.00 bits per heavy atom. The predicted octanol–water partition coefficient (Wildman–Crippen LogP) is 2.45. The van der Waals surface area contributed by atoms with E-state index >= 15 is 0 Å². The molecule has 1 saturated carbocycles. The van der Waals surface area contributed by atoms with Gasteiger partial charge in [-0.2, -0.15) is 5.26 Å². The molecule has 96 valence electrons. The third-order valence-electron chi connectivity index (χ3n) is 3.53. The molecule has 2 rings (SSSR count). The Labute approximate surface area is 108 Å². The number of aromatic nitrogens is 1. The monoisotopic (exact) mass is 245 g/mol. The number of nitrogens with one attached hydrogen (secondary N) is 1. The van der Waals surface area contributed by atoms with Gasteiger partial charge in [0.2, 0.25) is 0 Å². The second kappa shape index (κ2) is 5.83. The predicted molar refractivity (Wildman–Crippen MR) is 70.1 cm³/mol. The minimum atomic E-state index is -0.593. The van der Waals surface area contributed by atoms with Crippen LogP contribution >= 0.6 is 0 Å². The topological polar surface area (TPSA) is 68.9 Å². The van der Waals surface area contributed by atoms with Gasteiger partial charge < -0.3 is 10.4 Å². The van der Waals surface area contributed by atoms with Gasteiger partial charge in [-0.15, -0.1) is 0 Å². The van der Waals surface area contributed by atoms with E-state index in [1.807, 2.05) is 12.1 Å². The maximum absolute atomic E-state index is 10.5. The first-order valence-corrected chi connectivity index (χ1v) is 6.54. The molecule has 1 fully saturated rings. The van der Waals surface area contributed by atoms with Crippen LogP contribution in [0, 0.1) is 11.3 Å². The van der Waals surface area contributed by atoms with Gasteiger partial charge in [0.25, 0.3) is 0 Å². The summed E-state index contributed by atoms with van der Waals surface area (Å²) >= 11 is 0. The minimum absolute atomic E-state index is 0.411. The van der Waals surface area contributed by atoms with Crippen molar-refractivity contribution in [2.45, 2.75) is 44.1 Å². The molecule has 1 aromatic rings. The highest BCUT2D eigenvalue weighted by Gasteiger charge is 2.27. The summed E-state index contributed by atoms with van der Waals surface area (Å²) in [5, 5.41) is 22.4. The molecule has 0 aromatic carbocycles. The largest absolute Gasteiger partial charge is 0.388 e. The highest BCUT2D eigenvalue weighted by Crippen LogP contribution is 2.27. The fraction of sp³-hybridized carbons (Fsp3) is 0.571. The van der Waals surface area contributed by atoms with Gasteiger partial charge in [0.1, 0.15) is 11.8 Å². The molecule has 1 aliphatic rings. The standard InChI is InChI=1S/C14H19N3O/c15-9-12-5-6-13(10-16-12)17-11-14(18)7-3-1-2-4-8-14/h5-6,10,17-18H,1-4,7-8,11H2. The number of nitriles is 1. The molecule has 0 bridgehead atoms. The Hall–Kier alpha value is -1.60. The lowest BCUT2D eigenvalue weighted by Crippen LogP contribution is -2.36. The number of hydrogen-bond acceptors (Lipinski definition) is 4. The summed E-state index contributed by atoms with van der Waals surface area (Å²) in [6, 6.07) is 5.49. The van der Waals surface area contributed by atoms with Gasteiger partial charge in [-0.3, -0.25) is 0 Å². The molecule has 4 nitrogen and oxygen atoms in total. The lowest BCUT2D eigenvalue weighted by atomic mass is 9.94. The van der Waals surface area contributed by atoms with Gasteiger partial charge in [0.05, 0.1) is 17.5 Å². The van der Waals surface area contributed by atoms with Crippen molar-refractivity contribution in [1.82, 2.24) is 4.98 Å². The highest BCUT2D eigenvalue weighted by atomic mass is 16.3. The van der Waals surface area contributed by atoms with Crippen molar-refractivity contribution >= 4 is 5.69 Å². The van der Waals surface area contributed by atoms with Gasteiger partial charge in [-0.25, -0.2) is 4.98 Å². The SMILES string of the molecule is N#Cc1ccc(NCC2(O)CCCCCC2)cn1. The molecule has 1 heterocycles. The smallest absolute Gasteiger partial charge is 0.140 e. The fourth-order valence-electron chi connectivity index (χ4n) is 2.39. The zero-order valence-corrected chi connectivity index (χ0v) is 10.5. The molecular weight excluding hydrogens is 226 g/mol. The van der Waals surface area contributed by atoms with Crippen molar-refractivity contribution in [1.29, 1.82) is 5.26 Å². The number of pyridine rings is 1. The van der Waals surface area contributed by atoms with Gasteiger partial charge in [0.15, 0.2) is 0 Å². The highest BCUT2D eigenvalue weighted by molar-refractivity contribution is 5.43. The molecule has 1 aliphatic carbocycles. The molecule has 1 aromatic heterocycles. The zero-order chi connectivity index (χ0) is 12.8. The molecule has 0 spiro atoms. The number of nitrogens with zero attached hydrogens (tertiary/aromatic N) is 2. The first-order valence-electron chi connectivity index (χ1n) is 6.54. The second-order valence-electron chi connectivity index (χ2n) is 5.04. The van der Waals surface area contributed by atoms with Crippen molar-refractivity contribution < 1.29 is 5.11 Å². The summed E-state index contributed by atoms with van der Waals surface area (Å²) in [7, 11) is 0. The summed E-state index contributed by atoms with van der Waals surface area (Å²) in [5.74, 6) is 0. The van der Waals surface area contributed by atoms with Gasteiger partial charge in [-0.05, 0) is 25.0 Å². The molecule has 4 heteroatoms. The van der Waals surface area contributed by atoms with Crippen molar-refractivity contribution in [3.05, 3.63) is 24.0 Å². The van der Waals surface area contributed by atoms with E-state index in [0.29, 0.717) is 12.2 Å². The third kappa shape index (κ3) is 3.44. The average molecular weight is 245 g/mol. The fourth-order valence-corrected chi connectivity index (χ4v) is 2.39. The Bertz CT molecular complexity index is 414. The van der Waals surface area contributed by atoms with Crippen LogP contribution in [0.15, 0.2) is 18.3 Å². The number of hydrogen-bond donors (Lipinski definition) is 2. The minimum Gasteiger partial charge on any atom is -0.388 e. The first kappa shape index (κ1) is 12.8. The average Bonchev–Trinajstić information content (AvgIpc) is 2.62. The van der Waals surface area contributed by atoms with Crippen molar-refractivity contribution in [2.75, 3.05) is 11.9 Å². The molecule has 0 amide bonds. The molecule has 0 saturated heterocycles. The lowest BCUT2D eigenvalue weighted by Gasteiger charge is -2.27. The first-order chi connectivity index (χ1) is 8.72. The summed E-state index contributed by atoms with van der Waals surface area (Å²) in [4.78, 5) is 4.00. The molecule has 0 radical (unpaired) electrons. The van der Waals surface area contributed by atoms with Gasteiger partial charge in [-0.1, -0.05) is 25.7 Å². The zero-order valence-electron chi connectivity index (χ0n) is 10.5. The molecule has 0 aliphatic heterocycles. The Balaban J connectivity index is 1.91. The lowest BCUT2D eigenvalue weighted by molar-refractivity contribution is 0.0381. The van der Waals surface area contributed by atoms with E-state index in [1.165, 1.54) is 12.8 Å². The van der Waals surface area contributed by atoms with E-state index in [1.54, 1.807) is 12.3 Å². The number of anilines is 1. The molecular formula is C14H19N3O. The summed E-state index contributed by atoms with van der Waals surface area (Å²) in [6.45, 7) is 0.556. The van der Waals surface area contributed by atoms with Crippen molar-refractivity contribution in [3.63, 3.8) is 0 Å². The summed E-state index contributed by atoms with van der Waals surface area (Å²) in [5.41, 5.74) is 0.671. The Morgan fingerprint density at radius 1 is 1.28 bits per heavy atom. The third-order valence-corrected chi connectivity index (χ3v) is 3.53. The molecule has 0 atom stereocenters. The van der Waals surface area contributed by atoms with E-state index in [-0.39, 0.29) is 0 Å². The van der Waals surface area contributed by atoms with Crippen LogP contribution in [-0.4, -0.2) is 22.2 Å². The summed E-state index contributed by atoms with van der Waals surface area (Å²) < 4.78 is 0. The second-order valence-corrected chi connectivity index (χ2v) is 5.04. The van der Waals surface area contributed by atoms with E-state index in [4.69, 9.17) is 5.26 Å². The van der Waals surface area contributed by atoms with E-state index < -0.39 is 5.60 Å². The van der Waals surface area contributed by atoms with Crippen molar-refractivity contribution in [3.8, 4) is 6.07 Å². The van der Waals surface area contributed by atoms with Crippen LogP contribution in [0.1, 0.15) is 44.2 Å². The van der Waals surface area contributed by atoms with Crippen LogP contribution in [0.2, 0.25) is 0 Å². The van der Waals surface area contributed by atoms with Crippen LogP contribution in [-0.2, 0) is 0 Å². The maximum Gasteiger partial charge on any atom is 0.140 e. The van der Waals surface area contributed by atoms with Gasteiger partial charge >= 0.3 is 0 Å². The number of rotatable bonds is 3. The Kier molecular flexibility index (Phi) is 4.16. The number of aliphatic hydroxyl groups is 1. The van der Waals surface area contributed by atoms with Crippen LogP contribution in [0.3, 0.4) is 0 Å². The quantitative estimate of drug-likeness (QED) is 0.803. The van der Waals surface area contributed by atoms with E-state index in [9.17, 15) is 5.11 Å². The Morgan fingerprint density at radius 3 is 2.56 bits per heavy atom. The molecule has 18 heavy (non-hydrogen) atoms. The van der Waals surface area contributed by atoms with Crippen LogP contribution < -0.4 is 5.32 Å². The van der Waals surface area contributed by atoms with Crippen LogP contribution in [0.4, 0.5) is 5.69 Å². The van der Waals surface area contributed by atoms with Crippen molar-refractivity contribution in [2.24, 2.45) is 0 Å². The van der Waals surface area contributed by atoms with E-state index in [0.717, 1.165) is 31.4 Å². The van der Waals surface area contributed by atoms with Gasteiger partial charge in [0, 0.05) is 6.54 Å². The molecule has 0 unspecified atom stereocenters. The van der Waals surface area contributed by atoms with Crippen LogP contribution in [0.5, 0.6) is 0 Å².